The number of benzene rings is 2. The SMILES string of the molecule is C=CCN1CCC23c4c5ccc(OCc6ccc(B(O)O)cc6)c4O[C@@H]2C(=O)CC[C@@]3(O)C1C5. The van der Waals surface area contributed by atoms with Crippen LogP contribution >= 0.6 is 0 Å². The molecule has 1 spiro atoms. The molecule has 8 heteroatoms. The molecule has 2 fully saturated rings. The van der Waals surface area contributed by atoms with Crippen LogP contribution in [0.2, 0.25) is 0 Å². The van der Waals surface area contributed by atoms with Crippen molar-refractivity contribution in [3.05, 3.63) is 65.7 Å². The molecule has 2 aromatic rings. The highest BCUT2D eigenvalue weighted by Crippen LogP contribution is 2.64. The highest BCUT2D eigenvalue weighted by molar-refractivity contribution is 6.58. The third-order valence-corrected chi connectivity index (χ3v) is 8.39. The van der Waals surface area contributed by atoms with Gasteiger partial charge in [-0.05, 0) is 41.9 Å². The zero-order valence-corrected chi connectivity index (χ0v) is 18.9. The Morgan fingerprint density at radius 3 is 2.74 bits per heavy atom. The summed E-state index contributed by atoms with van der Waals surface area (Å²) in [6.45, 7) is 5.64. The fraction of sp³-hybridized carbons (Fsp3) is 0.423. The maximum absolute atomic E-state index is 13.1. The summed E-state index contributed by atoms with van der Waals surface area (Å²) in [6, 6.07) is 10.7. The van der Waals surface area contributed by atoms with E-state index in [9.17, 15) is 19.9 Å². The summed E-state index contributed by atoms with van der Waals surface area (Å²) < 4.78 is 12.5. The molecule has 4 aliphatic rings. The van der Waals surface area contributed by atoms with Gasteiger partial charge in [0.15, 0.2) is 23.4 Å². The van der Waals surface area contributed by atoms with E-state index in [1.165, 1.54) is 0 Å². The lowest BCUT2D eigenvalue weighted by molar-refractivity contribution is -0.187. The normalized spacial score (nSPS) is 31.0. The average Bonchev–Trinajstić information content (AvgIpc) is 3.18. The van der Waals surface area contributed by atoms with E-state index in [4.69, 9.17) is 9.47 Å². The standard InChI is InChI=1S/C26H28BNO6/c1-2-12-28-13-11-25-22-17-5-8-20(33-15-16-3-6-18(7-4-16)27(31)32)23(22)34-24(25)19(29)9-10-26(25,30)21(28)14-17/h2-8,21,24,30-32H,1,9-15H2/t21?,24-,25?,26-/m1/s1. The highest BCUT2D eigenvalue weighted by atomic mass is 16.5. The van der Waals surface area contributed by atoms with E-state index in [-0.39, 0.29) is 18.4 Å². The van der Waals surface area contributed by atoms with Crippen molar-refractivity contribution in [2.24, 2.45) is 0 Å². The Hall–Kier alpha value is -2.65. The molecule has 4 atom stereocenters. The minimum atomic E-state index is -1.51. The van der Waals surface area contributed by atoms with Crippen LogP contribution in [0, 0.1) is 0 Å². The zero-order chi connectivity index (χ0) is 23.7. The molecule has 34 heavy (non-hydrogen) atoms. The molecule has 176 valence electrons. The summed E-state index contributed by atoms with van der Waals surface area (Å²) in [5.41, 5.74) is 1.57. The van der Waals surface area contributed by atoms with Gasteiger partial charge in [0.25, 0.3) is 0 Å². The highest BCUT2D eigenvalue weighted by Gasteiger charge is 2.73. The first kappa shape index (κ1) is 21.9. The molecule has 0 aromatic heterocycles. The van der Waals surface area contributed by atoms with Gasteiger partial charge in [-0.3, -0.25) is 9.69 Å². The van der Waals surface area contributed by atoms with Crippen LogP contribution in [0.25, 0.3) is 0 Å². The molecule has 3 N–H and O–H groups in total. The predicted octanol–water partition coefficient (Wildman–Crippen LogP) is 0.855. The van der Waals surface area contributed by atoms with E-state index in [1.807, 2.05) is 12.1 Å². The van der Waals surface area contributed by atoms with Crippen LogP contribution in [0.3, 0.4) is 0 Å². The van der Waals surface area contributed by atoms with E-state index in [1.54, 1.807) is 24.3 Å². The quantitative estimate of drug-likeness (QED) is 0.434. The van der Waals surface area contributed by atoms with Crippen LogP contribution in [-0.4, -0.2) is 63.8 Å². The number of ether oxygens (including phenoxy) is 2. The van der Waals surface area contributed by atoms with E-state index in [0.29, 0.717) is 49.2 Å². The van der Waals surface area contributed by atoms with Gasteiger partial charge in [0.1, 0.15) is 6.61 Å². The summed E-state index contributed by atoms with van der Waals surface area (Å²) in [5.74, 6) is 1.21. The lowest BCUT2D eigenvalue weighted by atomic mass is 9.49. The Labute approximate surface area is 198 Å². The second-order valence-electron chi connectivity index (χ2n) is 9.94. The first-order valence-electron chi connectivity index (χ1n) is 11.9. The van der Waals surface area contributed by atoms with Crippen molar-refractivity contribution < 1.29 is 29.4 Å². The molecule has 1 saturated heterocycles. The topological polar surface area (TPSA) is 99.5 Å². The molecule has 2 unspecified atom stereocenters. The van der Waals surface area contributed by atoms with E-state index >= 15 is 0 Å². The summed E-state index contributed by atoms with van der Waals surface area (Å²) in [5, 5.41) is 30.8. The largest absolute Gasteiger partial charge is 0.488 e. The number of hydrogen-bond acceptors (Lipinski definition) is 7. The van der Waals surface area contributed by atoms with Crippen molar-refractivity contribution in [3.63, 3.8) is 0 Å². The molecule has 2 aromatic carbocycles. The van der Waals surface area contributed by atoms with Gasteiger partial charge < -0.3 is 24.6 Å². The molecule has 1 saturated carbocycles. The molecule has 7 nitrogen and oxygen atoms in total. The van der Waals surface area contributed by atoms with Crippen molar-refractivity contribution in [1.82, 2.24) is 4.90 Å². The number of carbonyl (C=O) groups is 1. The molecular weight excluding hydrogens is 433 g/mol. The number of hydrogen-bond donors (Lipinski definition) is 3. The van der Waals surface area contributed by atoms with E-state index in [0.717, 1.165) is 23.2 Å². The third-order valence-electron chi connectivity index (χ3n) is 8.39. The maximum atomic E-state index is 13.1. The third kappa shape index (κ3) is 2.83. The second kappa shape index (κ2) is 7.68. The van der Waals surface area contributed by atoms with Crippen LogP contribution < -0.4 is 14.9 Å². The van der Waals surface area contributed by atoms with Gasteiger partial charge in [0.2, 0.25) is 0 Å². The fourth-order valence-electron chi connectivity index (χ4n) is 6.85. The van der Waals surface area contributed by atoms with Crippen LogP contribution in [0.5, 0.6) is 11.5 Å². The number of carbonyl (C=O) groups excluding carboxylic acids is 1. The van der Waals surface area contributed by atoms with E-state index in [2.05, 4.69) is 17.5 Å². The van der Waals surface area contributed by atoms with Crippen LogP contribution in [0.15, 0.2) is 49.1 Å². The van der Waals surface area contributed by atoms with Crippen molar-refractivity contribution in [1.29, 1.82) is 0 Å². The lowest BCUT2D eigenvalue weighted by Gasteiger charge is -2.62. The van der Waals surface area contributed by atoms with Crippen LogP contribution in [0.4, 0.5) is 0 Å². The van der Waals surface area contributed by atoms with Gasteiger partial charge in [0, 0.05) is 31.1 Å². The molecule has 0 amide bonds. The van der Waals surface area contributed by atoms with Gasteiger partial charge in [-0.25, -0.2) is 0 Å². The Kier molecular flexibility index (Phi) is 4.94. The van der Waals surface area contributed by atoms with Gasteiger partial charge >= 0.3 is 7.12 Å². The zero-order valence-electron chi connectivity index (χ0n) is 18.9. The molecule has 2 aliphatic heterocycles. The van der Waals surface area contributed by atoms with Crippen LogP contribution in [-0.2, 0) is 23.2 Å². The van der Waals surface area contributed by atoms with Gasteiger partial charge in [-0.15, -0.1) is 6.58 Å². The molecular formula is C26H28BNO6. The van der Waals surface area contributed by atoms with Gasteiger partial charge in [-0.1, -0.05) is 36.4 Å². The Morgan fingerprint density at radius 2 is 2.00 bits per heavy atom. The summed E-state index contributed by atoms with van der Waals surface area (Å²) in [6.07, 6.45) is 3.29. The molecule has 0 radical (unpaired) electrons. The van der Waals surface area contributed by atoms with E-state index < -0.39 is 24.2 Å². The van der Waals surface area contributed by atoms with Gasteiger partial charge in [-0.2, -0.15) is 0 Å². The summed E-state index contributed by atoms with van der Waals surface area (Å²) in [7, 11) is -1.51. The number of Topliss-reactive ketones (excluding diaryl/α,β-unsaturated/α-hetero) is 1. The Balaban J connectivity index is 1.38. The smallest absolute Gasteiger partial charge is 0.485 e. The number of aliphatic hydroxyl groups is 1. The summed E-state index contributed by atoms with van der Waals surface area (Å²) >= 11 is 0. The average molecular weight is 461 g/mol. The molecule has 2 bridgehead atoms. The number of piperidine rings is 1. The number of nitrogens with zero attached hydrogens (tertiary/aromatic N) is 1. The van der Waals surface area contributed by atoms with Crippen LogP contribution in [0.1, 0.15) is 36.0 Å². The molecule has 2 heterocycles. The van der Waals surface area contributed by atoms with Crippen molar-refractivity contribution >= 4 is 18.4 Å². The Morgan fingerprint density at radius 1 is 1.21 bits per heavy atom. The first-order valence-corrected chi connectivity index (χ1v) is 11.9. The predicted molar refractivity (Wildman–Crippen MR) is 126 cm³/mol. The second-order valence-corrected chi connectivity index (χ2v) is 9.94. The molecule has 2 aliphatic carbocycles. The lowest BCUT2D eigenvalue weighted by Crippen LogP contribution is -2.76. The number of ketones is 1. The van der Waals surface area contributed by atoms with Crippen molar-refractivity contribution in [2.45, 2.75) is 55.5 Å². The number of rotatable bonds is 6. The minimum Gasteiger partial charge on any atom is -0.485 e. The molecule has 6 rings (SSSR count). The van der Waals surface area contributed by atoms with Gasteiger partial charge in [0.05, 0.1) is 11.0 Å². The number of likely N-dealkylation sites (tertiary alicyclic amines) is 1. The maximum Gasteiger partial charge on any atom is 0.488 e. The minimum absolute atomic E-state index is 0.0498. The fourth-order valence-corrected chi connectivity index (χ4v) is 6.85. The van der Waals surface area contributed by atoms with Crippen molar-refractivity contribution in [3.8, 4) is 11.5 Å². The Bertz CT molecular complexity index is 1170. The first-order chi connectivity index (χ1) is 16.4. The monoisotopic (exact) mass is 461 g/mol. The summed E-state index contributed by atoms with van der Waals surface area (Å²) in [4.78, 5) is 15.4. The van der Waals surface area contributed by atoms with Crippen molar-refractivity contribution in [2.75, 3.05) is 13.1 Å².